The second-order valence-electron chi connectivity index (χ2n) is 4.86. The van der Waals surface area contributed by atoms with Gasteiger partial charge in [0.2, 0.25) is 10.0 Å². The minimum atomic E-state index is -3.76. The molecule has 0 amide bonds. The first-order valence-electron chi connectivity index (χ1n) is 6.36. The molecule has 1 saturated heterocycles. The van der Waals surface area contributed by atoms with E-state index in [9.17, 15) is 16.8 Å². The van der Waals surface area contributed by atoms with Gasteiger partial charge in [-0.3, -0.25) is 0 Å². The third-order valence-corrected chi connectivity index (χ3v) is 7.02. The Hall–Kier alpha value is -0.770. The summed E-state index contributed by atoms with van der Waals surface area (Å²) < 4.78 is 50.9. The van der Waals surface area contributed by atoms with Crippen LogP contribution in [0, 0.1) is 0 Å². The fraction of sp³-hybridized carbons (Fsp3) is 0.500. The van der Waals surface area contributed by atoms with E-state index < -0.39 is 19.9 Å². The largest absolute Gasteiger partial charge is 0.387 e. The maximum Gasteiger partial charge on any atom is 0.242 e. The summed E-state index contributed by atoms with van der Waals surface area (Å²) in [4.78, 5) is -0.0486. The lowest BCUT2D eigenvalue weighted by molar-refractivity contribution is 0.563. The van der Waals surface area contributed by atoms with Crippen LogP contribution in [0.3, 0.4) is 0 Å². The number of thioether (sulfide) groups is 1. The third-order valence-electron chi connectivity index (χ3n) is 3.19. The zero-order valence-electron chi connectivity index (χ0n) is 11.8. The van der Waals surface area contributed by atoms with E-state index in [0.29, 0.717) is 5.69 Å². The van der Waals surface area contributed by atoms with Crippen molar-refractivity contribution >= 4 is 37.3 Å². The smallest absolute Gasteiger partial charge is 0.242 e. The Morgan fingerprint density at radius 3 is 2.48 bits per heavy atom. The number of hydrogen-bond donors (Lipinski definition) is 2. The van der Waals surface area contributed by atoms with Crippen molar-refractivity contribution in [3.63, 3.8) is 0 Å². The van der Waals surface area contributed by atoms with Crippen LogP contribution in [0.2, 0.25) is 0 Å². The molecule has 1 aliphatic heterocycles. The SMILES string of the molecule is CNc1ccc(S(C)(=O)=O)cc1S(=O)(=O)NC1CCSC1. The number of anilines is 1. The molecular formula is C12H18N2O4S3. The molecule has 1 aromatic rings. The number of hydrogen-bond acceptors (Lipinski definition) is 6. The van der Waals surface area contributed by atoms with E-state index >= 15 is 0 Å². The highest BCUT2D eigenvalue weighted by molar-refractivity contribution is 7.99. The zero-order chi connectivity index (χ0) is 15.7. The van der Waals surface area contributed by atoms with Crippen LogP contribution in [0.4, 0.5) is 5.69 Å². The van der Waals surface area contributed by atoms with Gasteiger partial charge in [-0.2, -0.15) is 11.8 Å². The van der Waals surface area contributed by atoms with Crippen LogP contribution in [0.25, 0.3) is 0 Å². The molecule has 1 aromatic carbocycles. The quantitative estimate of drug-likeness (QED) is 0.820. The highest BCUT2D eigenvalue weighted by Crippen LogP contribution is 2.26. The molecule has 0 saturated carbocycles. The van der Waals surface area contributed by atoms with Crippen molar-refractivity contribution in [2.45, 2.75) is 22.3 Å². The van der Waals surface area contributed by atoms with Gasteiger partial charge in [-0.25, -0.2) is 21.6 Å². The summed E-state index contributed by atoms with van der Waals surface area (Å²) in [6.45, 7) is 0. The van der Waals surface area contributed by atoms with Crippen molar-refractivity contribution in [3.05, 3.63) is 18.2 Å². The molecule has 1 fully saturated rings. The summed E-state index contributed by atoms with van der Waals surface area (Å²) in [5, 5.41) is 2.79. The molecule has 0 bridgehead atoms. The van der Waals surface area contributed by atoms with Gasteiger partial charge in [0.1, 0.15) is 4.90 Å². The van der Waals surface area contributed by atoms with Crippen LogP contribution in [-0.2, 0) is 19.9 Å². The van der Waals surface area contributed by atoms with E-state index in [-0.39, 0.29) is 15.8 Å². The minimum Gasteiger partial charge on any atom is -0.387 e. The summed E-state index contributed by atoms with van der Waals surface area (Å²) in [5.74, 6) is 1.66. The lowest BCUT2D eigenvalue weighted by Crippen LogP contribution is -2.35. The van der Waals surface area contributed by atoms with Crippen LogP contribution < -0.4 is 10.0 Å². The number of sulfone groups is 1. The molecule has 2 N–H and O–H groups in total. The van der Waals surface area contributed by atoms with Gasteiger partial charge >= 0.3 is 0 Å². The molecule has 9 heteroatoms. The van der Waals surface area contributed by atoms with Gasteiger partial charge in [0, 0.05) is 25.1 Å². The highest BCUT2D eigenvalue weighted by Gasteiger charge is 2.26. The maximum absolute atomic E-state index is 12.5. The van der Waals surface area contributed by atoms with E-state index in [1.165, 1.54) is 18.2 Å². The Balaban J connectivity index is 2.44. The van der Waals surface area contributed by atoms with Gasteiger partial charge in [-0.1, -0.05) is 0 Å². The van der Waals surface area contributed by atoms with Crippen LogP contribution in [-0.4, -0.2) is 47.7 Å². The van der Waals surface area contributed by atoms with Crippen LogP contribution in [0.15, 0.2) is 28.0 Å². The molecule has 1 unspecified atom stereocenters. The van der Waals surface area contributed by atoms with Gasteiger partial charge < -0.3 is 5.32 Å². The highest BCUT2D eigenvalue weighted by atomic mass is 32.2. The predicted molar refractivity (Wildman–Crippen MR) is 85.2 cm³/mol. The maximum atomic E-state index is 12.5. The fourth-order valence-electron chi connectivity index (χ4n) is 2.07. The van der Waals surface area contributed by atoms with Crippen LogP contribution >= 0.6 is 11.8 Å². The van der Waals surface area contributed by atoms with E-state index in [1.54, 1.807) is 18.8 Å². The molecule has 6 nitrogen and oxygen atoms in total. The molecule has 1 atom stereocenters. The average molecular weight is 350 g/mol. The lowest BCUT2D eigenvalue weighted by Gasteiger charge is -2.15. The summed E-state index contributed by atoms with van der Waals surface area (Å²) >= 11 is 1.70. The van der Waals surface area contributed by atoms with E-state index in [4.69, 9.17) is 0 Å². The second kappa shape index (κ2) is 6.15. The van der Waals surface area contributed by atoms with E-state index in [2.05, 4.69) is 10.0 Å². The van der Waals surface area contributed by atoms with Gasteiger partial charge in [0.15, 0.2) is 9.84 Å². The molecule has 0 aliphatic carbocycles. The summed E-state index contributed by atoms with van der Waals surface area (Å²) in [6.07, 6.45) is 1.84. The molecule has 0 aromatic heterocycles. The average Bonchev–Trinajstić information content (AvgIpc) is 2.89. The predicted octanol–water partition coefficient (Wildman–Crippen LogP) is 0.916. The van der Waals surface area contributed by atoms with Gasteiger partial charge in [-0.05, 0) is 30.4 Å². The van der Waals surface area contributed by atoms with Crippen molar-refractivity contribution in [1.29, 1.82) is 0 Å². The lowest BCUT2D eigenvalue weighted by atomic mass is 10.3. The van der Waals surface area contributed by atoms with Crippen LogP contribution in [0.5, 0.6) is 0 Å². The molecule has 2 rings (SSSR count). The van der Waals surface area contributed by atoms with Crippen molar-refractivity contribution in [3.8, 4) is 0 Å². The van der Waals surface area contributed by atoms with Crippen molar-refractivity contribution in [2.75, 3.05) is 30.1 Å². The van der Waals surface area contributed by atoms with Crippen molar-refractivity contribution < 1.29 is 16.8 Å². The van der Waals surface area contributed by atoms with Crippen molar-refractivity contribution in [2.24, 2.45) is 0 Å². The summed E-state index contributed by atoms with van der Waals surface area (Å²) in [7, 11) is -5.62. The van der Waals surface area contributed by atoms with Gasteiger partial charge in [0.25, 0.3) is 0 Å². The molecule has 1 heterocycles. The Morgan fingerprint density at radius 2 is 1.95 bits per heavy atom. The molecule has 1 aliphatic rings. The first-order valence-corrected chi connectivity index (χ1v) is 10.9. The summed E-state index contributed by atoms with van der Waals surface area (Å²) in [6, 6.07) is 3.96. The second-order valence-corrected chi connectivity index (χ2v) is 9.71. The first-order chi connectivity index (χ1) is 9.74. The molecule has 21 heavy (non-hydrogen) atoms. The molecule has 118 valence electrons. The number of nitrogens with one attached hydrogen (secondary N) is 2. The van der Waals surface area contributed by atoms with E-state index in [1.807, 2.05) is 0 Å². The Kier molecular flexibility index (Phi) is 4.86. The molecular weight excluding hydrogens is 332 g/mol. The number of sulfonamides is 1. The molecule has 0 spiro atoms. The third kappa shape index (κ3) is 3.91. The fourth-order valence-corrected chi connectivity index (χ4v) is 5.56. The van der Waals surface area contributed by atoms with Gasteiger partial charge in [0.05, 0.1) is 10.6 Å². The van der Waals surface area contributed by atoms with Crippen LogP contribution in [0.1, 0.15) is 6.42 Å². The Bertz CT molecular complexity index is 723. The van der Waals surface area contributed by atoms with Crippen molar-refractivity contribution in [1.82, 2.24) is 4.72 Å². The van der Waals surface area contributed by atoms with Gasteiger partial charge in [-0.15, -0.1) is 0 Å². The normalized spacial score (nSPS) is 19.6. The zero-order valence-corrected chi connectivity index (χ0v) is 14.2. The number of rotatable bonds is 5. The number of benzene rings is 1. The Labute approximate surface area is 129 Å². The monoisotopic (exact) mass is 350 g/mol. The standard InChI is InChI=1S/C12H18N2O4S3/c1-13-11-4-3-10(20(2,15)16)7-12(11)21(17,18)14-9-5-6-19-8-9/h3-4,7,9,13-14H,5-6,8H2,1-2H3. The summed E-state index contributed by atoms with van der Waals surface area (Å²) in [5.41, 5.74) is 0.376. The first kappa shape index (κ1) is 16.6. The minimum absolute atomic E-state index is 0.0114. The topological polar surface area (TPSA) is 92.3 Å². The molecule has 0 radical (unpaired) electrons. The Morgan fingerprint density at radius 1 is 1.24 bits per heavy atom. The van der Waals surface area contributed by atoms with E-state index in [0.717, 1.165) is 24.2 Å².